The van der Waals surface area contributed by atoms with Gasteiger partial charge in [0.25, 0.3) is 5.56 Å². The predicted octanol–water partition coefficient (Wildman–Crippen LogP) is 4.05. The molecular weight excluding hydrogens is 418 g/mol. The summed E-state index contributed by atoms with van der Waals surface area (Å²) in [7, 11) is 0. The van der Waals surface area contributed by atoms with Crippen LogP contribution in [0.4, 0.5) is 11.5 Å². The fourth-order valence-electron chi connectivity index (χ4n) is 3.58. The molecule has 0 amide bonds. The van der Waals surface area contributed by atoms with E-state index in [2.05, 4.69) is 15.6 Å². The first kappa shape index (κ1) is 21.1. The van der Waals surface area contributed by atoms with Crippen molar-refractivity contribution in [3.8, 4) is 0 Å². The van der Waals surface area contributed by atoms with E-state index >= 15 is 0 Å². The molecule has 0 aliphatic heterocycles. The van der Waals surface area contributed by atoms with Gasteiger partial charge < -0.3 is 15.7 Å². The maximum absolute atomic E-state index is 13.0. The van der Waals surface area contributed by atoms with E-state index in [0.29, 0.717) is 28.6 Å². The third kappa shape index (κ3) is 4.34. The Hall–Kier alpha value is -3.13. The minimum atomic E-state index is -1.18. The van der Waals surface area contributed by atoms with E-state index < -0.39 is 5.97 Å². The number of hydrogen-bond acceptors (Lipinski definition) is 6. The van der Waals surface area contributed by atoms with Crippen molar-refractivity contribution in [3.05, 3.63) is 62.3 Å². The van der Waals surface area contributed by atoms with Crippen molar-refractivity contribution < 1.29 is 9.90 Å². The number of rotatable bonds is 7. The maximum Gasteiger partial charge on any atom is 0.356 e. The third-order valence-corrected chi connectivity index (χ3v) is 5.68. The van der Waals surface area contributed by atoms with Gasteiger partial charge in [0.1, 0.15) is 16.6 Å². The predicted molar refractivity (Wildman–Crippen MR) is 120 cm³/mol. The SMILES string of the molecule is Cc1cc([C@@H](C)Nc2ccc(Cl)nc2C(=O)O)c2nc(NCC3CC3)c(C)c(=O)n2c1. The second-order valence-corrected chi connectivity index (χ2v) is 8.47. The van der Waals surface area contributed by atoms with E-state index in [4.69, 9.17) is 16.6 Å². The Bertz CT molecular complexity index is 1240. The van der Waals surface area contributed by atoms with Crippen LogP contribution in [0.3, 0.4) is 0 Å². The van der Waals surface area contributed by atoms with Crippen molar-refractivity contribution in [1.82, 2.24) is 14.4 Å². The molecule has 0 saturated heterocycles. The lowest BCUT2D eigenvalue weighted by atomic mass is 10.1. The zero-order valence-corrected chi connectivity index (χ0v) is 18.3. The first-order valence-electron chi connectivity index (χ1n) is 10.2. The molecule has 1 aliphatic carbocycles. The molecule has 9 heteroatoms. The van der Waals surface area contributed by atoms with E-state index in [1.165, 1.54) is 18.9 Å². The van der Waals surface area contributed by atoms with Gasteiger partial charge >= 0.3 is 5.97 Å². The monoisotopic (exact) mass is 441 g/mol. The molecule has 3 N–H and O–H groups in total. The summed E-state index contributed by atoms with van der Waals surface area (Å²) >= 11 is 5.86. The molecule has 31 heavy (non-hydrogen) atoms. The number of halogens is 1. The number of carboxylic acid groups (broad SMARTS) is 1. The van der Waals surface area contributed by atoms with Crippen LogP contribution in [0.2, 0.25) is 5.15 Å². The number of nitrogens with one attached hydrogen (secondary N) is 2. The molecule has 1 atom stereocenters. The second-order valence-electron chi connectivity index (χ2n) is 8.08. The van der Waals surface area contributed by atoms with Crippen molar-refractivity contribution in [1.29, 1.82) is 0 Å². The fourth-order valence-corrected chi connectivity index (χ4v) is 3.72. The number of fused-ring (bicyclic) bond motifs is 1. The standard InChI is InChI=1S/C22H24ClN5O3/c1-11-8-15(13(3)25-16-6-7-17(23)26-18(16)22(30)31)20-27-19(24-9-14-4-5-14)12(2)21(29)28(20)10-11/h6-8,10,13-14,24-25H,4-5,9H2,1-3H3,(H,30,31)/t13-/m1/s1. The summed E-state index contributed by atoms with van der Waals surface area (Å²) in [4.78, 5) is 33.3. The molecule has 3 aromatic rings. The largest absolute Gasteiger partial charge is 0.476 e. The van der Waals surface area contributed by atoms with Gasteiger partial charge in [-0.2, -0.15) is 0 Å². The molecule has 0 spiro atoms. The molecule has 3 heterocycles. The zero-order valence-electron chi connectivity index (χ0n) is 17.6. The summed E-state index contributed by atoms with van der Waals surface area (Å²) in [6.07, 6.45) is 4.17. The van der Waals surface area contributed by atoms with Gasteiger partial charge in [-0.25, -0.2) is 14.8 Å². The van der Waals surface area contributed by atoms with Crippen LogP contribution in [-0.4, -0.2) is 32.0 Å². The molecule has 162 valence electrons. The van der Waals surface area contributed by atoms with E-state index in [1.807, 2.05) is 19.9 Å². The lowest BCUT2D eigenvalue weighted by Gasteiger charge is -2.20. The van der Waals surface area contributed by atoms with Crippen molar-refractivity contribution in [2.45, 2.75) is 39.7 Å². The number of carboxylic acids is 1. The molecule has 1 fully saturated rings. The average Bonchev–Trinajstić information content (AvgIpc) is 3.55. The number of nitrogens with zero attached hydrogens (tertiary/aromatic N) is 3. The highest BCUT2D eigenvalue weighted by Crippen LogP contribution is 2.30. The van der Waals surface area contributed by atoms with Crippen LogP contribution in [0.1, 0.15) is 53.0 Å². The van der Waals surface area contributed by atoms with Gasteiger partial charge in [-0.3, -0.25) is 9.20 Å². The van der Waals surface area contributed by atoms with Gasteiger partial charge in [0, 0.05) is 18.3 Å². The highest BCUT2D eigenvalue weighted by Gasteiger charge is 2.23. The minimum absolute atomic E-state index is 0.103. The molecule has 4 rings (SSSR count). The fraction of sp³-hybridized carbons (Fsp3) is 0.364. The highest BCUT2D eigenvalue weighted by molar-refractivity contribution is 6.29. The quantitative estimate of drug-likeness (QED) is 0.474. The molecule has 0 bridgehead atoms. The molecular formula is C22H24ClN5O3. The Morgan fingerprint density at radius 2 is 2.06 bits per heavy atom. The van der Waals surface area contributed by atoms with Crippen LogP contribution in [0.5, 0.6) is 0 Å². The van der Waals surface area contributed by atoms with Gasteiger partial charge in [0.15, 0.2) is 5.69 Å². The number of aromatic carboxylic acids is 1. The Kier molecular flexibility index (Phi) is 5.58. The lowest BCUT2D eigenvalue weighted by molar-refractivity contribution is 0.0691. The zero-order chi connectivity index (χ0) is 22.3. The number of aryl methyl sites for hydroxylation is 1. The number of anilines is 2. The van der Waals surface area contributed by atoms with Gasteiger partial charge in [-0.1, -0.05) is 11.6 Å². The summed E-state index contributed by atoms with van der Waals surface area (Å²) < 4.78 is 1.55. The molecule has 0 aromatic carbocycles. The van der Waals surface area contributed by atoms with Gasteiger partial charge in [-0.15, -0.1) is 0 Å². The summed E-state index contributed by atoms with van der Waals surface area (Å²) in [5.41, 5.74) is 2.82. The molecule has 1 aliphatic rings. The normalized spacial score (nSPS) is 14.5. The van der Waals surface area contributed by atoms with E-state index in [1.54, 1.807) is 23.6 Å². The molecule has 3 aromatic heterocycles. The van der Waals surface area contributed by atoms with Crippen LogP contribution >= 0.6 is 11.6 Å². The van der Waals surface area contributed by atoms with Crippen LogP contribution in [0.25, 0.3) is 5.65 Å². The summed E-state index contributed by atoms with van der Waals surface area (Å²) in [5.74, 6) is 0.0565. The topological polar surface area (TPSA) is 109 Å². The summed E-state index contributed by atoms with van der Waals surface area (Å²) in [6.45, 7) is 6.37. The van der Waals surface area contributed by atoms with Gasteiger partial charge in [-0.05, 0) is 63.3 Å². The Morgan fingerprint density at radius 3 is 2.74 bits per heavy atom. The maximum atomic E-state index is 13.0. The highest BCUT2D eigenvalue weighted by atomic mass is 35.5. The van der Waals surface area contributed by atoms with Crippen molar-refractivity contribution >= 4 is 34.7 Å². The molecule has 0 radical (unpaired) electrons. The van der Waals surface area contributed by atoms with Gasteiger partial charge in [0.2, 0.25) is 0 Å². The van der Waals surface area contributed by atoms with Crippen LogP contribution < -0.4 is 16.2 Å². The first-order valence-corrected chi connectivity index (χ1v) is 10.6. The van der Waals surface area contributed by atoms with Crippen molar-refractivity contribution in [2.75, 3.05) is 17.2 Å². The Labute approximate surface area is 184 Å². The van der Waals surface area contributed by atoms with Crippen LogP contribution in [-0.2, 0) is 0 Å². The Morgan fingerprint density at radius 1 is 1.32 bits per heavy atom. The Balaban J connectivity index is 1.77. The summed E-state index contributed by atoms with van der Waals surface area (Å²) in [6, 6.07) is 4.72. The van der Waals surface area contributed by atoms with E-state index in [9.17, 15) is 14.7 Å². The second kappa shape index (κ2) is 8.19. The molecule has 8 nitrogen and oxygen atoms in total. The molecule has 1 saturated carbocycles. The number of hydrogen-bond donors (Lipinski definition) is 3. The van der Waals surface area contributed by atoms with Crippen LogP contribution in [0, 0.1) is 19.8 Å². The smallest absolute Gasteiger partial charge is 0.356 e. The van der Waals surface area contributed by atoms with Crippen molar-refractivity contribution in [2.24, 2.45) is 5.92 Å². The number of pyridine rings is 2. The van der Waals surface area contributed by atoms with Crippen LogP contribution in [0.15, 0.2) is 29.2 Å². The third-order valence-electron chi connectivity index (χ3n) is 5.47. The number of aromatic nitrogens is 3. The van der Waals surface area contributed by atoms with E-state index in [-0.39, 0.29) is 22.4 Å². The minimum Gasteiger partial charge on any atom is -0.476 e. The number of carbonyl (C=O) groups is 1. The average molecular weight is 442 g/mol. The van der Waals surface area contributed by atoms with E-state index in [0.717, 1.165) is 17.7 Å². The van der Waals surface area contributed by atoms with Crippen molar-refractivity contribution in [3.63, 3.8) is 0 Å². The first-order chi connectivity index (χ1) is 14.7. The summed E-state index contributed by atoms with van der Waals surface area (Å²) in [5, 5.41) is 16.1. The van der Waals surface area contributed by atoms with Gasteiger partial charge in [0.05, 0.1) is 17.3 Å². The lowest BCUT2D eigenvalue weighted by Crippen LogP contribution is -2.23. The molecule has 0 unspecified atom stereocenters.